The number of benzene rings is 1. The minimum atomic E-state index is -0.125. The van der Waals surface area contributed by atoms with Crippen LogP contribution in [0.5, 0.6) is 5.75 Å². The summed E-state index contributed by atoms with van der Waals surface area (Å²) < 4.78 is 0. The topological polar surface area (TPSA) is 61.4 Å². The lowest BCUT2D eigenvalue weighted by molar-refractivity contribution is -0.115. The van der Waals surface area contributed by atoms with E-state index >= 15 is 0 Å². The van der Waals surface area contributed by atoms with Crippen LogP contribution in [-0.4, -0.2) is 23.1 Å². The van der Waals surface area contributed by atoms with Crippen LogP contribution in [0.25, 0.3) is 0 Å². The van der Waals surface area contributed by atoms with Crippen molar-refractivity contribution >= 4 is 11.6 Å². The van der Waals surface area contributed by atoms with Gasteiger partial charge < -0.3 is 15.7 Å². The molecule has 4 heteroatoms. The molecule has 0 aliphatic carbocycles. The second-order valence-electron chi connectivity index (χ2n) is 4.70. The fourth-order valence-corrected chi connectivity index (χ4v) is 1.13. The van der Waals surface area contributed by atoms with Crippen molar-refractivity contribution in [3.05, 3.63) is 24.3 Å². The van der Waals surface area contributed by atoms with Gasteiger partial charge in [-0.05, 0) is 32.9 Å². The van der Waals surface area contributed by atoms with Gasteiger partial charge in [0.1, 0.15) is 5.75 Å². The Bertz CT molecular complexity index is 370. The maximum absolute atomic E-state index is 11.5. The van der Waals surface area contributed by atoms with E-state index in [1.807, 2.05) is 20.8 Å². The van der Waals surface area contributed by atoms with Crippen molar-refractivity contribution in [1.82, 2.24) is 5.32 Å². The quantitative estimate of drug-likeness (QED) is 0.729. The van der Waals surface area contributed by atoms with Gasteiger partial charge in [0, 0.05) is 17.3 Å². The van der Waals surface area contributed by atoms with Gasteiger partial charge in [-0.3, -0.25) is 4.79 Å². The number of nitrogens with one attached hydrogen (secondary N) is 2. The molecule has 4 nitrogen and oxygen atoms in total. The van der Waals surface area contributed by atoms with Crippen molar-refractivity contribution in [1.29, 1.82) is 0 Å². The molecule has 0 spiro atoms. The van der Waals surface area contributed by atoms with Gasteiger partial charge in [-0.25, -0.2) is 0 Å². The van der Waals surface area contributed by atoms with Crippen LogP contribution in [0.2, 0.25) is 0 Å². The Morgan fingerprint density at radius 3 is 2.62 bits per heavy atom. The normalized spacial score (nSPS) is 11.2. The van der Waals surface area contributed by atoms with Gasteiger partial charge in [0.05, 0.1) is 6.54 Å². The van der Waals surface area contributed by atoms with Crippen molar-refractivity contribution in [3.8, 4) is 5.75 Å². The van der Waals surface area contributed by atoms with Gasteiger partial charge in [0.15, 0.2) is 0 Å². The van der Waals surface area contributed by atoms with Crippen LogP contribution in [-0.2, 0) is 4.79 Å². The van der Waals surface area contributed by atoms with Crippen molar-refractivity contribution in [2.45, 2.75) is 26.3 Å². The summed E-state index contributed by atoms with van der Waals surface area (Å²) in [7, 11) is 0. The highest BCUT2D eigenvalue weighted by atomic mass is 16.3. The molecule has 1 aromatic rings. The SMILES string of the molecule is CC(C)(C)NCC(=O)Nc1cccc(O)c1. The van der Waals surface area contributed by atoms with Crippen molar-refractivity contribution in [2.24, 2.45) is 0 Å². The third kappa shape index (κ3) is 4.79. The second kappa shape index (κ2) is 4.99. The molecule has 0 aliphatic rings. The number of phenolic OH excluding ortho intramolecular Hbond substituents is 1. The zero-order valence-corrected chi connectivity index (χ0v) is 9.87. The smallest absolute Gasteiger partial charge is 0.238 e. The zero-order valence-electron chi connectivity index (χ0n) is 9.87. The third-order valence-corrected chi connectivity index (χ3v) is 1.91. The first-order valence-electron chi connectivity index (χ1n) is 5.21. The van der Waals surface area contributed by atoms with Crippen LogP contribution in [0.4, 0.5) is 5.69 Å². The van der Waals surface area contributed by atoms with Crippen molar-refractivity contribution in [2.75, 3.05) is 11.9 Å². The Labute approximate surface area is 95.7 Å². The Morgan fingerprint density at radius 1 is 1.38 bits per heavy atom. The molecule has 0 aromatic heterocycles. The summed E-state index contributed by atoms with van der Waals surface area (Å²) in [6.45, 7) is 6.23. The Balaban J connectivity index is 2.46. The molecule has 0 radical (unpaired) electrons. The zero-order chi connectivity index (χ0) is 12.2. The van der Waals surface area contributed by atoms with Crippen LogP contribution in [0.1, 0.15) is 20.8 Å². The summed E-state index contributed by atoms with van der Waals surface area (Å²) in [6.07, 6.45) is 0. The lowest BCUT2D eigenvalue weighted by Crippen LogP contribution is -2.41. The summed E-state index contributed by atoms with van der Waals surface area (Å²) in [5.74, 6) is 0.0158. The van der Waals surface area contributed by atoms with Crippen LogP contribution in [0.15, 0.2) is 24.3 Å². The number of aromatic hydroxyl groups is 1. The molecule has 0 fully saturated rings. The molecule has 0 aliphatic heterocycles. The summed E-state index contributed by atoms with van der Waals surface area (Å²) in [5, 5.41) is 15.0. The number of phenols is 1. The Morgan fingerprint density at radius 2 is 2.06 bits per heavy atom. The largest absolute Gasteiger partial charge is 0.508 e. The van der Waals surface area contributed by atoms with E-state index < -0.39 is 0 Å². The fourth-order valence-electron chi connectivity index (χ4n) is 1.13. The van der Waals surface area contributed by atoms with E-state index in [0.29, 0.717) is 5.69 Å². The number of amides is 1. The molecule has 3 N–H and O–H groups in total. The highest BCUT2D eigenvalue weighted by molar-refractivity contribution is 5.92. The number of hydrogen-bond donors (Lipinski definition) is 3. The maximum atomic E-state index is 11.5. The standard InChI is InChI=1S/C12H18N2O2/c1-12(2,3)13-8-11(16)14-9-5-4-6-10(15)7-9/h4-7,13,15H,8H2,1-3H3,(H,14,16). The van der Waals surface area contributed by atoms with E-state index in [-0.39, 0.29) is 23.7 Å². The Kier molecular flexibility index (Phi) is 3.90. The molecule has 1 aromatic carbocycles. The molecule has 16 heavy (non-hydrogen) atoms. The Hall–Kier alpha value is -1.55. The fraction of sp³-hybridized carbons (Fsp3) is 0.417. The first-order valence-corrected chi connectivity index (χ1v) is 5.21. The number of anilines is 1. The lowest BCUT2D eigenvalue weighted by atomic mass is 10.1. The molecule has 0 saturated carbocycles. The van der Waals surface area contributed by atoms with Gasteiger partial charge >= 0.3 is 0 Å². The molecular formula is C12H18N2O2. The highest BCUT2D eigenvalue weighted by Crippen LogP contribution is 2.14. The first kappa shape index (κ1) is 12.5. The van der Waals surface area contributed by atoms with Gasteiger partial charge in [-0.15, -0.1) is 0 Å². The van der Waals surface area contributed by atoms with E-state index in [4.69, 9.17) is 0 Å². The second-order valence-corrected chi connectivity index (χ2v) is 4.70. The van der Waals surface area contributed by atoms with Crippen LogP contribution >= 0.6 is 0 Å². The third-order valence-electron chi connectivity index (χ3n) is 1.91. The highest BCUT2D eigenvalue weighted by Gasteiger charge is 2.11. The number of rotatable bonds is 3. The average molecular weight is 222 g/mol. The van der Waals surface area contributed by atoms with E-state index in [2.05, 4.69) is 10.6 Å². The van der Waals surface area contributed by atoms with Crippen LogP contribution in [0.3, 0.4) is 0 Å². The minimum Gasteiger partial charge on any atom is -0.508 e. The maximum Gasteiger partial charge on any atom is 0.238 e. The summed E-state index contributed by atoms with van der Waals surface area (Å²) in [6, 6.07) is 6.48. The average Bonchev–Trinajstić information content (AvgIpc) is 2.14. The number of carbonyl (C=O) groups excluding carboxylic acids is 1. The van der Waals surface area contributed by atoms with E-state index in [1.165, 1.54) is 6.07 Å². The predicted octanol–water partition coefficient (Wildman–Crippen LogP) is 1.72. The van der Waals surface area contributed by atoms with Gasteiger partial charge in [0.25, 0.3) is 0 Å². The predicted molar refractivity (Wildman–Crippen MR) is 64.5 cm³/mol. The molecule has 0 heterocycles. The van der Waals surface area contributed by atoms with Crippen molar-refractivity contribution < 1.29 is 9.90 Å². The van der Waals surface area contributed by atoms with Crippen LogP contribution < -0.4 is 10.6 Å². The lowest BCUT2D eigenvalue weighted by Gasteiger charge is -2.20. The van der Waals surface area contributed by atoms with Gasteiger partial charge in [-0.2, -0.15) is 0 Å². The summed E-state index contributed by atoms with van der Waals surface area (Å²) >= 11 is 0. The van der Waals surface area contributed by atoms with Gasteiger partial charge in [0.2, 0.25) is 5.91 Å². The number of hydrogen-bond acceptors (Lipinski definition) is 3. The van der Waals surface area contributed by atoms with Crippen molar-refractivity contribution in [3.63, 3.8) is 0 Å². The molecule has 0 atom stereocenters. The van der Waals surface area contributed by atoms with E-state index in [1.54, 1.807) is 18.2 Å². The van der Waals surface area contributed by atoms with Crippen LogP contribution in [0, 0.1) is 0 Å². The molecule has 0 saturated heterocycles. The monoisotopic (exact) mass is 222 g/mol. The molecule has 1 amide bonds. The van der Waals surface area contributed by atoms with Gasteiger partial charge in [-0.1, -0.05) is 6.07 Å². The molecule has 1 rings (SSSR count). The molecule has 0 unspecified atom stereocenters. The minimum absolute atomic E-state index is 0.0871. The molecular weight excluding hydrogens is 204 g/mol. The summed E-state index contributed by atoms with van der Waals surface area (Å²) in [5.41, 5.74) is 0.511. The van der Waals surface area contributed by atoms with E-state index in [9.17, 15) is 9.90 Å². The van der Waals surface area contributed by atoms with E-state index in [0.717, 1.165) is 0 Å². The summed E-state index contributed by atoms with van der Waals surface area (Å²) in [4.78, 5) is 11.5. The molecule has 88 valence electrons. The number of carbonyl (C=O) groups is 1. The first-order chi connectivity index (χ1) is 7.37. The molecule has 0 bridgehead atoms.